The van der Waals surface area contributed by atoms with Gasteiger partial charge in [0.05, 0.1) is 33.8 Å². The van der Waals surface area contributed by atoms with Crippen LogP contribution < -0.4 is 5.32 Å². The smallest absolute Gasteiger partial charge is 0.456 e. The normalized spacial score (nSPS) is 13.8. The molecule has 0 aliphatic heterocycles. The van der Waals surface area contributed by atoms with Gasteiger partial charge in [0.1, 0.15) is 19.3 Å². The number of phosphoric acid groups is 1. The SMILES string of the molecule is CCCCC/C=C\C/C=C\C/C=C\CCCCCCCCCCCCCCC(=O)NC(COP(=O)(O)OCC[N+](C)(C)C)C(/C=C/CCCCCCCCCCC)OC(=O)CCCCCCCCCCCCCCC/C=C/CCCCCCCC. The zero-order valence-electron chi connectivity index (χ0n) is 57.1. The molecule has 0 rings (SSSR count). The molecule has 10 heteroatoms. The van der Waals surface area contributed by atoms with Gasteiger partial charge >= 0.3 is 13.8 Å². The van der Waals surface area contributed by atoms with Crippen molar-refractivity contribution < 1.29 is 37.3 Å². The molecular formula is C75H142N2O7P+. The summed E-state index contributed by atoms with van der Waals surface area (Å²) in [7, 11) is 1.50. The van der Waals surface area contributed by atoms with E-state index in [2.05, 4.69) is 74.7 Å². The van der Waals surface area contributed by atoms with Crippen LogP contribution in [0.1, 0.15) is 355 Å². The Hall–Kier alpha value is -2.29. The van der Waals surface area contributed by atoms with Crippen molar-refractivity contribution in [2.75, 3.05) is 40.9 Å². The first-order valence-electron chi connectivity index (χ1n) is 36.6. The van der Waals surface area contributed by atoms with E-state index in [1.54, 1.807) is 0 Å². The van der Waals surface area contributed by atoms with Gasteiger partial charge in [0.2, 0.25) is 5.91 Å². The number of nitrogens with zero attached hydrogens (tertiary/aromatic N) is 1. The number of hydrogen-bond donors (Lipinski definition) is 2. The number of carbonyl (C=O) groups excluding carboxylic acids is 2. The van der Waals surface area contributed by atoms with Gasteiger partial charge in [-0.25, -0.2) is 4.57 Å². The number of rotatable bonds is 67. The van der Waals surface area contributed by atoms with Gasteiger partial charge in [0.15, 0.2) is 0 Å². The summed E-state index contributed by atoms with van der Waals surface area (Å²) in [5.41, 5.74) is 0. The molecule has 0 aromatic carbocycles. The molecule has 0 aromatic heterocycles. The highest BCUT2D eigenvalue weighted by Gasteiger charge is 2.30. The van der Waals surface area contributed by atoms with E-state index in [4.69, 9.17) is 13.8 Å². The Morgan fingerprint density at radius 2 is 0.718 bits per heavy atom. The van der Waals surface area contributed by atoms with Crippen molar-refractivity contribution in [1.29, 1.82) is 0 Å². The molecule has 0 heterocycles. The molecule has 0 fully saturated rings. The number of quaternary nitrogens is 1. The fourth-order valence-corrected chi connectivity index (χ4v) is 11.5. The van der Waals surface area contributed by atoms with E-state index >= 15 is 0 Å². The van der Waals surface area contributed by atoms with Gasteiger partial charge in [-0.2, -0.15) is 0 Å². The van der Waals surface area contributed by atoms with Crippen LogP contribution in [0.5, 0.6) is 0 Å². The molecule has 0 saturated carbocycles. The van der Waals surface area contributed by atoms with Crippen molar-refractivity contribution in [3.05, 3.63) is 60.8 Å². The van der Waals surface area contributed by atoms with Crippen molar-refractivity contribution in [3.8, 4) is 0 Å². The third-order valence-electron chi connectivity index (χ3n) is 16.4. The predicted octanol–water partition coefficient (Wildman–Crippen LogP) is 23.3. The molecule has 0 aromatic rings. The quantitative estimate of drug-likeness (QED) is 0.0205. The van der Waals surface area contributed by atoms with Crippen LogP contribution in [0.2, 0.25) is 0 Å². The van der Waals surface area contributed by atoms with Crippen LogP contribution >= 0.6 is 7.82 Å². The number of hydrogen-bond acceptors (Lipinski definition) is 6. The Morgan fingerprint density at radius 3 is 1.11 bits per heavy atom. The molecule has 85 heavy (non-hydrogen) atoms. The Morgan fingerprint density at radius 1 is 0.412 bits per heavy atom. The lowest BCUT2D eigenvalue weighted by molar-refractivity contribution is -0.870. The zero-order valence-corrected chi connectivity index (χ0v) is 58.0. The first-order chi connectivity index (χ1) is 41.4. The number of esters is 1. The minimum Gasteiger partial charge on any atom is -0.456 e. The van der Waals surface area contributed by atoms with E-state index < -0.39 is 20.0 Å². The minimum atomic E-state index is -4.45. The average Bonchev–Trinajstić information content (AvgIpc) is 3.64. The topological polar surface area (TPSA) is 111 Å². The molecule has 0 saturated heterocycles. The molecule has 0 radical (unpaired) electrons. The van der Waals surface area contributed by atoms with Crippen LogP contribution in [0, 0.1) is 0 Å². The van der Waals surface area contributed by atoms with E-state index in [0.29, 0.717) is 23.9 Å². The highest BCUT2D eigenvalue weighted by molar-refractivity contribution is 7.47. The summed E-state index contributed by atoms with van der Waals surface area (Å²) >= 11 is 0. The van der Waals surface area contributed by atoms with Gasteiger partial charge in [-0.3, -0.25) is 18.6 Å². The summed E-state index contributed by atoms with van der Waals surface area (Å²) in [6, 6.07) is -0.850. The molecule has 0 bridgehead atoms. The monoisotopic (exact) mass is 1210 g/mol. The number of nitrogens with one attached hydrogen (secondary N) is 1. The van der Waals surface area contributed by atoms with Crippen LogP contribution in [0.25, 0.3) is 0 Å². The van der Waals surface area contributed by atoms with Crippen LogP contribution in [0.3, 0.4) is 0 Å². The summed E-state index contributed by atoms with van der Waals surface area (Å²) in [5, 5.41) is 3.07. The fourth-order valence-electron chi connectivity index (χ4n) is 10.8. The molecule has 0 aliphatic carbocycles. The maximum absolute atomic E-state index is 13.6. The molecule has 3 unspecified atom stereocenters. The van der Waals surface area contributed by atoms with Crippen molar-refractivity contribution in [2.24, 2.45) is 0 Å². The number of likely N-dealkylation sites (N-methyl/N-ethyl adjacent to an activating group) is 1. The lowest BCUT2D eigenvalue weighted by Gasteiger charge is -2.27. The van der Waals surface area contributed by atoms with Crippen LogP contribution in [-0.2, 0) is 27.9 Å². The second kappa shape index (κ2) is 64.7. The van der Waals surface area contributed by atoms with Crippen LogP contribution in [0.15, 0.2) is 60.8 Å². The van der Waals surface area contributed by atoms with Crippen molar-refractivity contribution in [3.63, 3.8) is 0 Å². The lowest BCUT2D eigenvalue weighted by Crippen LogP contribution is -2.47. The third kappa shape index (κ3) is 66.0. The molecule has 0 aliphatic rings. The summed E-state index contributed by atoms with van der Waals surface area (Å²) in [6.45, 7) is 7.02. The highest BCUT2D eigenvalue weighted by Crippen LogP contribution is 2.43. The van der Waals surface area contributed by atoms with Gasteiger partial charge in [0.25, 0.3) is 0 Å². The van der Waals surface area contributed by atoms with E-state index in [1.165, 1.54) is 250 Å². The van der Waals surface area contributed by atoms with Crippen LogP contribution in [-0.4, -0.2) is 74.3 Å². The summed E-state index contributed by atoms with van der Waals surface area (Å²) in [5.74, 6) is -0.494. The summed E-state index contributed by atoms with van der Waals surface area (Å²) in [4.78, 5) is 37.9. The molecular weight excluding hydrogens is 1070 g/mol. The average molecular weight is 1210 g/mol. The number of ether oxygens (including phenoxy) is 1. The van der Waals surface area contributed by atoms with Gasteiger partial charge in [-0.1, -0.05) is 307 Å². The number of carbonyl (C=O) groups is 2. The maximum atomic E-state index is 13.6. The van der Waals surface area contributed by atoms with E-state index in [1.807, 2.05) is 33.3 Å². The molecule has 1 amide bonds. The van der Waals surface area contributed by atoms with Gasteiger partial charge < -0.3 is 19.4 Å². The second-order valence-electron chi connectivity index (χ2n) is 26.1. The first-order valence-corrected chi connectivity index (χ1v) is 38.1. The molecule has 2 N–H and O–H groups in total. The Labute approximate surface area is 528 Å². The van der Waals surface area contributed by atoms with E-state index in [9.17, 15) is 19.0 Å². The lowest BCUT2D eigenvalue weighted by atomic mass is 10.0. The van der Waals surface area contributed by atoms with Crippen molar-refractivity contribution >= 4 is 19.7 Å². The number of unbranched alkanes of at least 4 members (excludes halogenated alkanes) is 43. The number of allylic oxidation sites excluding steroid dienone is 9. The van der Waals surface area contributed by atoms with E-state index in [0.717, 1.165) is 70.6 Å². The third-order valence-corrected chi connectivity index (χ3v) is 17.4. The van der Waals surface area contributed by atoms with Gasteiger partial charge in [0, 0.05) is 12.8 Å². The molecule has 498 valence electrons. The molecule has 3 atom stereocenters. The highest BCUT2D eigenvalue weighted by atomic mass is 31.2. The Bertz CT molecular complexity index is 1640. The van der Waals surface area contributed by atoms with Gasteiger partial charge in [-0.05, 0) is 96.0 Å². The first kappa shape index (κ1) is 82.7. The minimum absolute atomic E-state index is 0.0402. The predicted molar refractivity (Wildman–Crippen MR) is 369 cm³/mol. The Kier molecular flexibility index (Phi) is 62.9. The van der Waals surface area contributed by atoms with Gasteiger partial charge in [-0.15, -0.1) is 0 Å². The molecule has 0 spiro atoms. The number of phosphoric ester groups is 1. The van der Waals surface area contributed by atoms with Crippen LogP contribution in [0.4, 0.5) is 0 Å². The van der Waals surface area contributed by atoms with E-state index in [-0.39, 0.29) is 25.1 Å². The fraction of sp³-hybridized carbons (Fsp3) is 0.840. The Balaban J connectivity index is 4.98. The zero-order chi connectivity index (χ0) is 62.1. The standard InChI is InChI=1S/C75H141N2O7P/c1-7-10-13-16-19-22-25-27-29-31-33-35-37-38-40-41-43-45-47-49-52-55-58-61-64-67-74(78)76-72(71-83-85(80,81)82-70-69-77(4,5)6)73(66-63-60-57-54-51-24-21-18-15-12-9-3)84-75(79)68-65-62-59-56-53-50-48-46-44-42-39-36-34-32-30-28-26-23-20-17-14-11-8-2/h19,22,27-30,33,35,63,66,72-73H,7-18,20-21,23-26,31-32,34,36-62,64-65,67-71H2,1-6H3,(H-,76,78,80,81)/p+1/b22-19-,29-27-,30-28+,35-33-,66-63+. The summed E-state index contributed by atoms with van der Waals surface area (Å²) in [6.07, 6.45) is 83.8. The largest absolute Gasteiger partial charge is 0.472 e. The number of amides is 1. The second-order valence-corrected chi connectivity index (χ2v) is 27.6. The van der Waals surface area contributed by atoms with Crippen molar-refractivity contribution in [2.45, 2.75) is 367 Å². The summed E-state index contributed by atoms with van der Waals surface area (Å²) < 4.78 is 30.8. The van der Waals surface area contributed by atoms with Crippen molar-refractivity contribution in [1.82, 2.24) is 5.32 Å². The maximum Gasteiger partial charge on any atom is 0.472 e. The molecule has 9 nitrogen and oxygen atoms in total.